The van der Waals surface area contributed by atoms with Gasteiger partial charge in [0.05, 0.1) is 13.1 Å². The van der Waals surface area contributed by atoms with Gasteiger partial charge in [0.2, 0.25) is 0 Å². The molecule has 0 saturated heterocycles. The number of nitrogens with two attached hydrogens (primary N) is 1. The molecular weight excluding hydrogens is 426 g/mol. The van der Waals surface area contributed by atoms with Gasteiger partial charge in [-0.3, -0.25) is 0 Å². The summed E-state index contributed by atoms with van der Waals surface area (Å²) in [5.74, 6) is 0.742. The van der Waals surface area contributed by atoms with Gasteiger partial charge < -0.3 is 9.44 Å². The second kappa shape index (κ2) is 11.7. The van der Waals surface area contributed by atoms with Gasteiger partial charge in [0.1, 0.15) is 0 Å². The van der Waals surface area contributed by atoms with Gasteiger partial charge >= 0.3 is 11.0 Å². The molecule has 0 aliphatic carbocycles. The smallest absolute Gasteiger partial charge is 0.421 e. The first kappa shape index (κ1) is 28.1. The van der Waals surface area contributed by atoms with Crippen LogP contribution in [0.3, 0.4) is 0 Å². The van der Waals surface area contributed by atoms with E-state index in [1.54, 1.807) is 0 Å². The fourth-order valence-corrected chi connectivity index (χ4v) is 3.24. The van der Waals surface area contributed by atoms with Crippen molar-refractivity contribution in [2.45, 2.75) is 37.2 Å². The molecule has 6 nitrogen and oxygen atoms in total. The van der Waals surface area contributed by atoms with E-state index < -0.39 is 31.1 Å². The summed E-state index contributed by atoms with van der Waals surface area (Å²) in [5, 5.41) is 2.39. The molecule has 0 rings (SSSR count). The largest absolute Gasteiger partial charge is 0.480 e. The second-order valence-corrected chi connectivity index (χ2v) is 8.57. The van der Waals surface area contributed by atoms with Crippen molar-refractivity contribution in [2.75, 3.05) is 13.1 Å². The molecule has 0 aromatic carbocycles. The van der Waals surface area contributed by atoms with Gasteiger partial charge in [-0.1, -0.05) is 19.1 Å². The first-order valence-corrected chi connectivity index (χ1v) is 10.3. The number of hydrogen-bond acceptors (Lipinski definition) is 4. The zero-order chi connectivity index (χ0) is 21.9. The van der Waals surface area contributed by atoms with Crippen LogP contribution in [-0.4, -0.2) is 40.9 Å². The lowest BCUT2D eigenvalue weighted by molar-refractivity contribution is -0.660. The number of halogens is 6. The molecule has 0 bridgehead atoms. The third-order valence-electron chi connectivity index (χ3n) is 2.77. The lowest BCUT2D eigenvalue weighted by Gasteiger charge is -2.22. The number of hydrogen-bond donors (Lipinski definition) is 1. The van der Waals surface area contributed by atoms with E-state index in [0.29, 0.717) is 0 Å². The maximum atomic E-state index is 11.4. The van der Waals surface area contributed by atoms with Crippen molar-refractivity contribution in [2.24, 2.45) is 5.92 Å². The molecule has 0 aromatic rings. The Morgan fingerprint density at radius 1 is 0.926 bits per heavy atom. The van der Waals surface area contributed by atoms with Gasteiger partial charge in [0.25, 0.3) is 0 Å². The maximum Gasteiger partial charge on any atom is 0.480 e. The quantitative estimate of drug-likeness (QED) is 0.316. The van der Waals surface area contributed by atoms with E-state index in [1.807, 2.05) is 12.2 Å². The standard InChI is InChI=1S/C11H21N.C2F6NO4S2/c1-4-7-11(8-5-2)10-12-9-6-3;3-1(4,5)14(10,11)9-15(12,13)2(6,7)8/h4-5,11-12H,1-2,6-10H2,3H3;/q;-1/p+1. The van der Waals surface area contributed by atoms with Crippen molar-refractivity contribution >= 4 is 20.0 Å². The molecule has 14 heteroatoms. The van der Waals surface area contributed by atoms with Crippen LogP contribution in [0.4, 0.5) is 26.3 Å². The number of allylic oxidation sites excluding steroid dienone is 2. The number of nitrogens with zero attached hydrogens (tertiary/aromatic N) is 1. The first-order valence-electron chi connectivity index (χ1n) is 7.46. The van der Waals surface area contributed by atoms with Crippen LogP contribution in [0.2, 0.25) is 0 Å². The molecule has 162 valence electrons. The van der Waals surface area contributed by atoms with Crippen molar-refractivity contribution in [1.29, 1.82) is 0 Å². The van der Waals surface area contributed by atoms with Crippen LogP contribution in [0, 0.1) is 5.92 Å². The molecule has 0 saturated carbocycles. The number of rotatable bonds is 10. The minimum absolute atomic E-state index is 0.742. The fourth-order valence-electron chi connectivity index (χ4n) is 1.53. The minimum Gasteiger partial charge on any atom is -0.421 e. The molecular formula is C13H22F6N2O4S2. The van der Waals surface area contributed by atoms with Gasteiger partial charge in [-0.15, -0.1) is 13.2 Å². The van der Waals surface area contributed by atoms with E-state index in [0.717, 1.165) is 22.9 Å². The van der Waals surface area contributed by atoms with E-state index >= 15 is 0 Å². The van der Waals surface area contributed by atoms with Crippen LogP contribution in [0.5, 0.6) is 0 Å². The van der Waals surface area contributed by atoms with E-state index in [2.05, 4.69) is 25.4 Å². The predicted octanol–water partition coefficient (Wildman–Crippen LogP) is 2.79. The molecule has 0 heterocycles. The third-order valence-corrected chi connectivity index (χ3v) is 5.51. The highest BCUT2D eigenvalue weighted by Crippen LogP contribution is 2.36. The summed E-state index contributed by atoms with van der Waals surface area (Å²) in [4.78, 5) is 0. The Kier molecular flexibility index (Phi) is 12.1. The summed E-state index contributed by atoms with van der Waals surface area (Å²) in [6, 6.07) is 0. The molecule has 0 atom stereocenters. The summed E-state index contributed by atoms with van der Waals surface area (Å²) in [5.41, 5.74) is -12.4. The number of quaternary nitrogens is 1. The zero-order valence-corrected chi connectivity index (χ0v) is 16.1. The predicted molar refractivity (Wildman–Crippen MR) is 88.4 cm³/mol. The van der Waals surface area contributed by atoms with E-state index in [-0.39, 0.29) is 0 Å². The van der Waals surface area contributed by atoms with Crippen LogP contribution < -0.4 is 5.32 Å². The molecule has 0 aliphatic rings. The molecule has 27 heavy (non-hydrogen) atoms. The molecule has 0 spiro atoms. The Hall–Kier alpha value is -1.12. The highest BCUT2D eigenvalue weighted by Gasteiger charge is 2.46. The van der Waals surface area contributed by atoms with Crippen molar-refractivity contribution < 1.29 is 48.5 Å². The Morgan fingerprint density at radius 2 is 1.30 bits per heavy atom. The third kappa shape index (κ3) is 11.3. The Bertz CT molecular complexity index is 605. The topological polar surface area (TPSA) is 99.0 Å². The SMILES string of the molecule is C=CCC(CC=C)C[NH2+]CCC.O=S(=O)([N-]S(=O)(=O)C(F)(F)F)C(F)(F)F. The highest BCUT2D eigenvalue weighted by atomic mass is 32.3. The van der Waals surface area contributed by atoms with Crippen LogP contribution in [0.1, 0.15) is 26.2 Å². The van der Waals surface area contributed by atoms with Crippen LogP contribution in [-0.2, 0) is 20.0 Å². The fraction of sp³-hybridized carbons (Fsp3) is 0.692. The monoisotopic (exact) mass is 448 g/mol. The van der Waals surface area contributed by atoms with Gasteiger partial charge in [0.15, 0.2) is 20.0 Å². The molecule has 0 unspecified atom stereocenters. The maximum absolute atomic E-state index is 11.4. The summed E-state index contributed by atoms with van der Waals surface area (Å²) in [6.45, 7) is 12.2. The second-order valence-electron chi connectivity index (χ2n) is 5.14. The van der Waals surface area contributed by atoms with E-state index in [9.17, 15) is 43.2 Å². The first-order chi connectivity index (χ1) is 12.1. The number of sulfonamides is 2. The molecule has 0 aromatic heterocycles. The normalized spacial score (nSPS) is 13.0. The van der Waals surface area contributed by atoms with Gasteiger partial charge in [-0.25, -0.2) is 16.8 Å². The minimum atomic E-state index is -6.72. The van der Waals surface area contributed by atoms with Crippen LogP contribution in [0.25, 0.3) is 4.13 Å². The summed E-state index contributed by atoms with van der Waals surface area (Å²) in [6.07, 6.45) is 7.51. The lowest BCUT2D eigenvalue weighted by Crippen LogP contribution is -2.85. The van der Waals surface area contributed by atoms with E-state index in [4.69, 9.17) is 0 Å². The van der Waals surface area contributed by atoms with Crippen molar-refractivity contribution in [3.8, 4) is 0 Å². The van der Waals surface area contributed by atoms with Crippen molar-refractivity contribution in [3.63, 3.8) is 0 Å². The Labute approximate surface area is 154 Å². The summed E-state index contributed by atoms with van der Waals surface area (Å²) in [7, 11) is -13.4. The molecule has 0 radical (unpaired) electrons. The summed E-state index contributed by atoms with van der Waals surface area (Å²) < 4.78 is 109. The van der Waals surface area contributed by atoms with Crippen LogP contribution >= 0.6 is 0 Å². The molecule has 0 amide bonds. The van der Waals surface area contributed by atoms with Crippen molar-refractivity contribution in [3.05, 3.63) is 29.4 Å². The summed E-state index contributed by atoms with van der Waals surface area (Å²) >= 11 is 0. The average Bonchev–Trinajstić information content (AvgIpc) is 2.45. The Morgan fingerprint density at radius 3 is 1.56 bits per heavy atom. The molecule has 2 N–H and O–H groups in total. The zero-order valence-electron chi connectivity index (χ0n) is 14.4. The van der Waals surface area contributed by atoms with Crippen LogP contribution in [0.15, 0.2) is 25.3 Å². The lowest BCUT2D eigenvalue weighted by atomic mass is 10.0. The van der Waals surface area contributed by atoms with Gasteiger partial charge in [-0.2, -0.15) is 26.3 Å². The molecule has 0 fully saturated rings. The Balaban J connectivity index is 0. The van der Waals surface area contributed by atoms with Crippen molar-refractivity contribution in [1.82, 2.24) is 0 Å². The highest BCUT2D eigenvalue weighted by molar-refractivity contribution is 8.13. The molecule has 0 aliphatic heterocycles. The van der Waals surface area contributed by atoms with E-state index in [1.165, 1.54) is 19.5 Å². The average molecular weight is 448 g/mol. The number of alkyl halides is 6. The van der Waals surface area contributed by atoms with Gasteiger partial charge in [0, 0.05) is 5.92 Å². The van der Waals surface area contributed by atoms with Gasteiger partial charge in [-0.05, 0) is 19.3 Å².